The molecule has 3 heterocycles. The van der Waals surface area contributed by atoms with Gasteiger partial charge in [0, 0.05) is 38.4 Å². The first kappa shape index (κ1) is 31.9. The molecule has 0 radical (unpaired) electrons. The van der Waals surface area contributed by atoms with Crippen LogP contribution in [0.25, 0.3) is 100 Å². The van der Waals surface area contributed by atoms with E-state index in [2.05, 4.69) is 203 Å². The maximum atomic E-state index is 5.30. The van der Waals surface area contributed by atoms with Crippen molar-refractivity contribution in [2.24, 2.45) is 0 Å². The Morgan fingerprint density at radius 1 is 0.304 bits per heavy atom. The Balaban J connectivity index is 1.23. The molecule has 0 unspecified atom stereocenters. The van der Waals surface area contributed by atoms with Crippen LogP contribution >= 0.6 is 0 Å². The number of nitrogens with zero attached hydrogens (tertiary/aromatic N) is 4. The van der Waals surface area contributed by atoms with Gasteiger partial charge in [0.1, 0.15) is 0 Å². The number of aromatic nitrogens is 4. The Bertz CT molecular complexity index is 3160. The van der Waals surface area contributed by atoms with Gasteiger partial charge in [-0.15, -0.1) is 0 Å². The van der Waals surface area contributed by atoms with E-state index in [1.165, 1.54) is 43.9 Å². The van der Waals surface area contributed by atoms with E-state index in [9.17, 15) is 0 Å². The minimum atomic E-state index is 0.637. The van der Waals surface area contributed by atoms with Gasteiger partial charge in [0.05, 0.1) is 33.5 Å². The lowest BCUT2D eigenvalue weighted by Crippen LogP contribution is -2.04. The molecular formula is C52H34N4. The topological polar surface area (TPSA) is 35.6 Å². The van der Waals surface area contributed by atoms with E-state index in [0.29, 0.717) is 5.95 Å². The average molecular weight is 715 g/mol. The van der Waals surface area contributed by atoms with Gasteiger partial charge in [-0.05, 0) is 70.8 Å². The van der Waals surface area contributed by atoms with Gasteiger partial charge in [-0.3, -0.25) is 4.57 Å². The molecule has 0 saturated carbocycles. The van der Waals surface area contributed by atoms with Gasteiger partial charge >= 0.3 is 0 Å². The van der Waals surface area contributed by atoms with Crippen LogP contribution in [0.4, 0.5) is 0 Å². The van der Waals surface area contributed by atoms with Crippen LogP contribution in [0, 0.1) is 0 Å². The summed E-state index contributed by atoms with van der Waals surface area (Å²) in [6.07, 6.45) is 0. The maximum Gasteiger partial charge on any atom is 0.235 e. The van der Waals surface area contributed by atoms with Crippen LogP contribution < -0.4 is 0 Å². The minimum Gasteiger partial charge on any atom is -0.309 e. The third kappa shape index (κ3) is 5.15. The third-order valence-electron chi connectivity index (χ3n) is 11.0. The highest BCUT2D eigenvalue weighted by Crippen LogP contribution is 2.45. The predicted molar refractivity (Wildman–Crippen MR) is 232 cm³/mol. The first-order chi connectivity index (χ1) is 27.8. The molecule has 262 valence electrons. The first-order valence-corrected chi connectivity index (χ1v) is 19.0. The van der Waals surface area contributed by atoms with Crippen LogP contribution in [0.2, 0.25) is 0 Å². The number of fused-ring (bicyclic) bond motifs is 6. The van der Waals surface area contributed by atoms with Gasteiger partial charge in [0.15, 0.2) is 0 Å². The van der Waals surface area contributed by atoms with Gasteiger partial charge in [0.25, 0.3) is 0 Å². The van der Waals surface area contributed by atoms with Crippen LogP contribution in [-0.2, 0) is 0 Å². The molecule has 0 amide bonds. The number of hydrogen-bond acceptors (Lipinski definition) is 2. The number of hydrogen-bond donors (Lipinski definition) is 0. The fourth-order valence-corrected chi connectivity index (χ4v) is 8.46. The summed E-state index contributed by atoms with van der Waals surface area (Å²) in [5, 5.41) is 4.76. The van der Waals surface area contributed by atoms with Gasteiger partial charge in [-0.1, -0.05) is 158 Å². The fraction of sp³-hybridized carbons (Fsp3) is 0. The van der Waals surface area contributed by atoms with Crippen molar-refractivity contribution in [1.82, 2.24) is 19.1 Å². The normalized spacial score (nSPS) is 11.6. The molecule has 0 spiro atoms. The SMILES string of the molecule is c1ccc(-c2cc(-c3ccccc3)nc(-n3c4ccccc4c4c(-c5cc6c7ccccc7n(-c7ccccc7)c6cc5-c5ccccc5)cccc43)n2)cc1. The second-order valence-corrected chi connectivity index (χ2v) is 14.2. The highest BCUT2D eigenvalue weighted by atomic mass is 15.2. The summed E-state index contributed by atoms with van der Waals surface area (Å²) < 4.78 is 4.64. The highest BCUT2D eigenvalue weighted by molar-refractivity contribution is 6.19. The van der Waals surface area contributed by atoms with E-state index in [1.807, 2.05) is 12.1 Å². The van der Waals surface area contributed by atoms with Crippen molar-refractivity contribution in [1.29, 1.82) is 0 Å². The van der Waals surface area contributed by atoms with E-state index in [4.69, 9.17) is 9.97 Å². The van der Waals surface area contributed by atoms with Crippen molar-refractivity contribution < 1.29 is 0 Å². The molecule has 0 aliphatic heterocycles. The van der Waals surface area contributed by atoms with Crippen LogP contribution in [-0.4, -0.2) is 19.1 Å². The lowest BCUT2D eigenvalue weighted by molar-refractivity contribution is 0.995. The zero-order valence-corrected chi connectivity index (χ0v) is 30.4. The van der Waals surface area contributed by atoms with Gasteiger partial charge < -0.3 is 4.57 Å². The summed E-state index contributed by atoms with van der Waals surface area (Å²) in [4.78, 5) is 10.6. The Morgan fingerprint density at radius 2 is 0.821 bits per heavy atom. The molecule has 3 aromatic heterocycles. The predicted octanol–water partition coefficient (Wildman–Crippen LogP) is 13.3. The third-order valence-corrected chi connectivity index (χ3v) is 11.0. The standard InChI is InChI=1S/C52H34N4/c1-5-18-35(19-6-1)42-33-50-44(39-26-13-15-29-47(39)55(50)38-24-11-4-12-25-38)32-43(42)40-28-17-31-49-51(40)41-27-14-16-30-48(41)56(49)52-53-45(36-20-7-2-8-21-36)34-46(54-52)37-22-9-3-10-23-37/h1-34H. The molecule has 0 saturated heterocycles. The van der Waals surface area contributed by atoms with E-state index < -0.39 is 0 Å². The molecule has 8 aromatic carbocycles. The van der Waals surface area contributed by atoms with Crippen molar-refractivity contribution in [3.05, 3.63) is 206 Å². The molecule has 0 bridgehead atoms. The molecule has 11 rings (SSSR count). The zero-order valence-electron chi connectivity index (χ0n) is 30.4. The Hall–Kier alpha value is -7.56. The maximum absolute atomic E-state index is 5.30. The van der Waals surface area contributed by atoms with Crippen molar-refractivity contribution in [3.8, 4) is 56.4 Å². The largest absolute Gasteiger partial charge is 0.309 e. The molecule has 0 fully saturated rings. The lowest BCUT2D eigenvalue weighted by atomic mass is 9.90. The van der Waals surface area contributed by atoms with Crippen LogP contribution in [0.3, 0.4) is 0 Å². The fourth-order valence-electron chi connectivity index (χ4n) is 8.46. The number of benzene rings is 8. The summed E-state index contributed by atoms with van der Waals surface area (Å²) in [7, 11) is 0. The summed E-state index contributed by atoms with van der Waals surface area (Å²) in [6, 6.07) is 73.2. The van der Waals surface area contributed by atoms with Crippen LogP contribution in [0.5, 0.6) is 0 Å². The molecule has 4 heteroatoms. The Morgan fingerprint density at radius 3 is 1.46 bits per heavy atom. The lowest BCUT2D eigenvalue weighted by Gasteiger charge is -2.15. The van der Waals surface area contributed by atoms with Gasteiger partial charge in [-0.25, -0.2) is 9.97 Å². The molecule has 0 aliphatic rings. The highest BCUT2D eigenvalue weighted by Gasteiger charge is 2.22. The first-order valence-electron chi connectivity index (χ1n) is 19.0. The van der Waals surface area contributed by atoms with E-state index in [1.54, 1.807) is 0 Å². The quantitative estimate of drug-likeness (QED) is 0.172. The summed E-state index contributed by atoms with van der Waals surface area (Å²) in [5.41, 5.74) is 14.1. The average Bonchev–Trinajstić information content (AvgIpc) is 3.80. The van der Waals surface area contributed by atoms with Crippen LogP contribution in [0.1, 0.15) is 0 Å². The van der Waals surface area contributed by atoms with Crippen molar-refractivity contribution in [2.45, 2.75) is 0 Å². The Labute approximate surface area is 324 Å². The van der Waals surface area contributed by atoms with Crippen molar-refractivity contribution in [3.63, 3.8) is 0 Å². The summed E-state index contributed by atoms with van der Waals surface area (Å²) in [6.45, 7) is 0. The van der Waals surface area contributed by atoms with E-state index in [-0.39, 0.29) is 0 Å². The monoisotopic (exact) mass is 714 g/mol. The molecule has 56 heavy (non-hydrogen) atoms. The summed E-state index contributed by atoms with van der Waals surface area (Å²) in [5.74, 6) is 0.637. The molecular weight excluding hydrogens is 681 g/mol. The second kappa shape index (κ2) is 13.1. The minimum absolute atomic E-state index is 0.637. The molecule has 4 nitrogen and oxygen atoms in total. The molecule has 0 atom stereocenters. The van der Waals surface area contributed by atoms with E-state index >= 15 is 0 Å². The van der Waals surface area contributed by atoms with Crippen molar-refractivity contribution in [2.75, 3.05) is 0 Å². The zero-order chi connectivity index (χ0) is 37.0. The molecule has 0 aliphatic carbocycles. The Kier molecular flexibility index (Phi) is 7.46. The molecule has 11 aromatic rings. The van der Waals surface area contributed by atoms with Crippen LogP contribution in [0.15, 0.2) is 206 Å². The number of para-hydroxylation sites is 3. The van der Waals surface area contributed by atoms with Crippen molar-refractivity contribution >= 4 is 43.6 Å². The smallest absolute Gasteiger partial charge is 0.235 e. The van der Waals surface area contributed by atoms with Gasteiger partial charge in [-0.2, -0.15) is 0 Å². The molecule has 0 N–H and O–H groups in total. The summed E-state index contributed by atoms with van der Waals surface area (Å²) >= 11 is 0. The second-order valence-electron chi connectivity index (χ2n) is 14.2. The van der Waals surface area contributed by atoms with Gasteiger partial charge in [0.2, 0.25) is 5.95 Å². The number of rotatable bonds is 6. The van der Waals surface area contributed by atoms with E-state index in [0.717, 1.165) is 50.2 Å².